The van der Waals surface area contributed by atoms with Crippen molar-refractivity contribution in [3.05, 3.63) is 34.9 Å². The van der Waals surface area contributed by atoms with Crippen LogP contribution in [0.2, 0.25) is 0 Å². The molecule has 0 N–H and O–H groups in total. The zero-order chi connectivity index (χ0) is 15.4. The van der Waals surface area contributed by atoms with Crippen molar-refractivity contribution in [3.63, 3.8) is 0 Å². The van der Waals surface area contributed by atoms with E-state index < -0.39 is 0 Å². The van der Waals surface area contributed by atoms with Gasteiger partial charge in [0.15, 0.2) is 0 Å². The maximum atomic E-state index is 12.5. The summed E-state index contributed by atoms with van der Waals surface area (Å²) in [4.78, 5) is 27.6. The molecule has 1 heterocycles. The zero-order valence-electron chi connectivity index (χ0n) is 13.2. The molecular formula is C17H24N2O2. The van der Waals surface area contributed by atoms with Gasteiger partial charge in [0, 0.05) is 33.1 Å². The van der Waals surface area contributed by atoms with Gasteiger partial charge in [0.1, 0.15) is 0 Å². The minimum atomic E-state index is 0.0960. The molecule has 0 atom stereocenters. The Bertz CT molecular complexity index is 540. The van der Waals surface area contributed by atoms with Gasteiger partial charge in [-0.3, -0.25) is 9.59 Å². The Morgan fingerprint density at radius 3 is 2.38 bits per heavy atom. The summed E-state index contributed by atoms with van der Waals surface area (Å²) in [6.07, 6.45) is 1.31. The minimum absolute atomic E-state index is 0.0960. The van der Waals surface area contributed by atoms with Crippen molar-refractivity contribution in [1.82, 2.24) is 9.80 Å². The molecule has 114 valence electrons. The second-order valence-electron chi connectivity index (χ2n) is 5.85. The molecule has 2 amide bonds. The number of carbonyl (C=O) groups is 2. The van der Waals surface area contributed by atoms with Crippen LogP contribution in [0.3, 0.4) is 0 Å². The third-order valence-corrected chi connectivity index (χ3v) is 4.13. The van der Waals surface area contributed by atoms with Crippen LogP contribution in [-0.2, 0) is 16.0 Å². The summed E-state index contributed by atoms with van der Waals surface area (Å²) in [7, 11) is 0. The van der Waals surface area contributed by atoms with Crippen LogP contribution in [0.25, 0.3) is 0 Å². The van der Waals surface area contributed by atoms with E-state index >= 15 is 0 Å². The highest BCUT2D eigenvalue weighted by atomic mass is 16.2. The second kappa shape index (κ2) is 6.74. The number of carbonyl (C=O) groups excluding carboxylic acids is 2. The molecule has 0 aromatic heterocycles. The summed E-state index contributed by atoms with van der Waals surface area (Å²) >= 11 is 0. The second-order valence-corrected chi connectivity index (χ2v) is 5.85. The standard InChI is InChI=1S/C17H24N2O2/c1-13-5-6-16(14(2)11-13)12-17(21)19-8-4-7-18(9-10-19)15(3)20/h5-6,11H,4,7-10,12H2,1-3H3. The van der Waals surface area contributed by atoms with Gasteiger partial charge in [-0.05, 0) is 31.4 Å². The predicted octanol–water partition coefficient (Wildman–Crippen LogP) is 1.93. The monoisotopic (exact) mass is 288 g/mol. The van der Waals surface area contributed by atoms with Gasteiger partial charge in [-0.15, -0.1) is 0 Å². The van der Waals surface area contributed by atoms with Gasteiger partial charge in [-0.2, -0.15) is 0 Å². The lowest BCUT2D eigenvalue weighted by Gasteiger charge is -2.22. The molecular weight excluding hydrogens is 264 g/mol. The average molecular weight is 288 g/mol. The quantitative estimate of drug-likeness (QED) is 0.834. The lowest BCUT2D eigenvalue weighted by molar-refractivity contribution is -0.132. The summed E-state index contributed by atoms with van der Waals surface area (Å²) in [6.45, 7) is 8.49. The molecule has 0 bridgehead atoms. The van der Waals surface area contributed by atoms with E-state index in [1.807, 2.05) is 15.9 Å². The van der Waals surface area contributed by atoms with E-state index in [1.54, 1.807) is 6.92 Å². The van der Waals surface area contributed by atoms with Crippen molar-refractivity contribution in [2.24, 2.45) is 0 Å². The molecule has 1 fully saturated rings. The normalized spacial score (nSPS) is 15.8. The highest BCUT2D eigenvalue weighted by molar-refractivity contribution is 5.79. The van der Waals surface area contributed by atoms with Crippen molar-refractivity contribution >= 4 is 11.8 Å². The molecule has 4 nitrogen and oxygen atoms in total. The Balaban J connectivity index is 1.98. The van der Waals surface area contributed by atoms with Gasteiger partial charge in [-0.25, -0.2) is 0 Å². The fraction of sp³-hybridized carbons (Fsp3) is 0.529. The minimum Gasteiger partial charge on any atom is -0.341 e. The van der Waals surface area contributed by atoms with Crippen molar-refractivity contribution in [2.75, 3.05) is 26.2 Å². The smallest absolute Gasteiger partial charge is 0.227 e. The maximum absolute atomic E-state index is 12.5. The molecule has 0 spiro atoms. The first-order valence-corrected chi connectivity index (χ1v) is 7.57. The van der Waals surface area contributed by atoms with Crippen LogP contribution in [0.4, 0.5) is 0 Å². The Morgan fingerprint density at radius 2 is 1.71 bits per heavy atom. The largest absolute Gasteiger partial charge is 0.341 e. The lowest BCUT2D eigenvalue weighted by atomic mass is 10.0. The Kier molecular flexibility index (Phi) is 4.99. The van der Waals surface area contributed by atoms with Crippen LogP contribution in [0.15, 0.2) is 18.2 Å². The first-order chi connectivity index (χ1) is 9.97. The predicted molar refractivity (Wildman–Crippen MR) is 83.1 cm³/mol. The van der Waals surface area contributed by atoms with Gasteiger partial charge in [0.25, 0.3) is 0 Å². The molecule has 1 saturated heterocycles. The van der Waals surface area contributed by atoms with E-state index in [0.29, 0.717) is 19.5 Å². The summed E-state index contributed by atoms with van der Waals surface area (Å²) in [6, 6.07) is 6.21. The van der Waals surface area contributed by atoms with E-state index in [2.05, 4.69) is 26.0 Å². The number of benzene rings is 1. The Morgan fingerprint density at radius 1 is 1.05 bits per heavy atom. The summed E-state index contributed by atoms with van der Waals surface area (Å²) in [5.41, 5.74) is 3.48. The molecule has 21 heavy (non-hydrogen) atoms. The molecule has 0 unspecified atom stereocenters. The van der Waals surface area contributed by atoms with Gasteiger partial charge in [0.05, 0.1) is 6.42 Å². The van der Waals surface area contributed by atoms with Crippen molar-refractivity contribution < 1.29 is 9.59 Å². The topological polar surface area (TPSA) is 40.6 Å². The highest BCUT2D eigenvalue weighted by Crippen LogP contribution is 2.13. The molecule has 1 aromatic rings. The third kappa shape index (κ3) is 4.06. The molecule has 2 rings (SSSR count). The van der Waals surface area contributed by atoms with E-state index in [0.717, 1.165) is 25.1 Å². The van der Waals surface area contributed by atoms with Crippen molar-refractivity contribution in [3.8, 4) is 0 Å². The average Bonchev–Trinajstić information content (AvgIpc) is 2.67. The first kappa shape index (κ1) is 15.5. The van der Waals surface area contributed by atoms with Crippen LogP contribution >= 0.6 is 0 Å². The molecule has 1 aromatic carbocycles. The molecule has 1 aliphatic heterocycles. The Hall–Kier alpha value is -1.84. The van der Waals surface area contributed by atoms with E-state index in [4.69, 9.17) is 0 Å². The van der Waals surface area contributed by atoms with Crippen LogP contribution < -0.4 is 0 Å². The number of amides is 2. The number of aryl methyl sites for hydroxylation is 2. The fourth-order valence-electron chi connectivity index (χ4n) is 2.80. The van der Waals surface area contributed by atoms with Crippen LogP contribution in [0, 0.1) is 13.8 Å². The molecule has 0 aliphatic carbocycles. The van der Waals surface area contributed by atoms with Crippen molar-refractivity contribution in [2.45, 2.75) is 33.6 Å². The fourth-order valence-corrected chi connectivity index (χ4v) is 2.80. The molecule has 0 saturated carbocycles. The number of rotatable bonds is 2. The number of hydrogen-bond donors (Lipinski definition) is 0. The van der Waals surface area contributed by atoms with Crippen LogP contribution in [0.1, 0.15) is 30.0 Å². The van der Waals surface area contributed by atoms with Gasteiger partial charge in [0.2, 0.25) is 11.8 Å². The molecule has 1 aliphatic rings. The highest BCUT2D eigenvalue weighted by Gasteiger charge is 2.20. The van der Waals surface area contributed by atoms with Crippen LogP contribution in [0.5, 0.6) is 0 Å². The van der Waals surface area contributed by atoms with Crippen LogP contribution in [-0.4, -0.2) is 47.8 Å². The maximum Gasteiger partial charge on any atom is 0.227 e. The van der Waals surface area contributed by atoms with E-state index in [-0.39, 0.29) is 11.8 Å². The molecule has 0 radical (unpaired) electrons. The SMILES string of the molecule is CC(=O)N1CCCN(C(=O)Cc2ccc(C)cc2C)CC1. The van der Waals surface area contributed by atoms with E-state index in [9.17, 15) is 9.59 Å². The molecule has 4 heteroatoms. The van der Waals surface area contributed by atoms with E-state index in [1.165, 1.54) is 11.1 Å². The van der Waals surface area contributed by atoms with Gasteiger partial charge in [-0.1, -0.05) is 23.8 Å². The summed E-state index contributed by atoms with van der Waals surface area (Å²) in [5, 5.41) is 0. The first-order valence-electron chi connectivity index (χ1n) is 7.57. The third-order valence-electron chi connectivity index (χ3n) is 4.13. The summed E-state index contributed by atoms with van der Waals surface area (Å²) in [5.74, 6) is 0.256. The van der Waals surface area contributed by atoms with Gasteiger partial charge >= 0.3 is 0 Å². The lowest BCUT2D eigenvalue weighted by Crippen LogP contribution is -2.37. The van der Waals surface area contributed by atoms with Crippen molar-refractivity contribution in [1.29, 1.82) is 0 Å². The number of hydrogen-bond acceptors (Lipinski definition) is 2. The number of nitrogens with zero attached hydrogens (tertiary/aromatic N) is 2. The Labute approximate surface area is 126 Å². The van der Waals surface area contributed by atoms with Gasteiger partial charge < -0.3 is 9.80 Å². The zero-order valence-corrected chi connectivity index (χ0v) is 13.2. The summed E-state index contributed by atoms with van der Waals surface area (Å²) < 4.78 is 0.